The molecule has 1 fully saturated rings. The minimum atomic E-state index is -0.377. The Hall–Kier alpha value is -1.43. The quantitative estimate of drug-likeness (QED) is 0.841. The summed E-state index contributed by atoms with van der Waals surface area (Å²) in [6.45, 7) is 6.42. The zero-order valence-electron chi connectivity index (χ0n) is 11.5. The summed E-state index contributed by atoms with van der Waals surface area (Å²) in [4.78, 5) is 30.7. The van der Waals surface area contributed by atoms with Crippen LogP contribution in [0.2, 0.25) is 0 Å². The second kappa shape index (κ2) is 5.69. The third kappa shape index (κ3) is 3.12. The highest BCUT2D eigenvalue weighted by Gasteiger charge is 2.38. The van der Waals surface area contributed by atoms with E-state index in [0.717, 1.165) is 11.4 Å². The summed E-state index contributed by atoms with van der Waals surface area (Å²) >= 11 is 1.55. The predicted molar refractivity (Wildman–Crippen MR) is 73.8 cm³/mol. The number of hydrogen-bond donors (Lipinski definition) is 1. The Bertz CT molecular complexity index is 484. The Morgan fingerprint density at radius 3 is 2.79 bits per heavy atom. The summed E-state index contributed by atoms with van der Waals surface area (Å²) in [7, 11) is 0. The molecule has 0 spiro atoms. The number of aromatic nitrogens is 1. The highest BCUT2D eigenvalue weighted by molar-refractivity contribution is 7.11. The number of hydrogen-bond acceptors (Lipinski definition) is 4. The smallest absolute Gasteiger partial charge is 0.325 e. The van der Waals surface area contributed by atoms with Gasteiger partial charge in [-0.05, 0) is 18.8 Å². The first-order valence-electron chi connectivity index (χ1n) is 6.56. The number of rotatable bonds is 5. The van der Waals surface area contributed by atoms with E-state index in [1.54, 1.807) is 11.3 Å². The van der Waals surface area contributed by atoms with Gasteiger partial charge in [-0.2, -0.15) is 0 Å². The van der Waals surface area contributed by atoms with Gasteiger partial charge in [-0.1, -0.05) is 20.8 Å². The largest absolute Gasteiger partial charge is 0.326 e. The Morgan fingerprint density at radius 1 is 1.47 bits per heavy atom. The van der Waals surface area contributed by atoms with E-state index in [2.05, 4.69) is 17.2 Å². The van der Waals surface area contributed by atoms with Crippen molar-refractivity contribution in [3.05, 3.63) is 16.1 Å². The Morgan fingerprint density at radius 2 is 2.21 bits per heavy atom. The van der Waals surface area contributed by atoms with E-state index in [-0.39, 0.29) is 24.5 Å². The summed E-state index contributed by atoms with van der Waals surface area (Å²) in [5, 5.41) is 3.55. The molecule has 0 unspecified atom stereocenters. The van der Waals surface area contributed by atoms with Crippen LogP contribution < -0.4 is 5.32 Å². The predicted octanol–water partition coefficient (Wildman–Crippen LogP) is 2.17. The van der Waals surface area contributed by atoms with Gasteiger partial charge >= 0.3 is 6.03 Å². The van der Waals surface area contributed by atoms with Gasteiger partial charge in [0.1, 0.15) is 11.0 Å². The Balaban J connectivity index is 2.04. The average Bonchev–Trinajstić information content (AvgIpc) is 2.90. The molecule has 1 aliphatic heterocycles. The monoisotopic (exact) mass is 281 g/mol. The van der Waals surface area contributed by atoms with Crippen LogP contribution in [0.25, 0.3) is 0 Å². The first-order valence-corrected chi connectivity index (χ1v) is 7.38. The lowest BCUT2D eigenvalue weighted by Crippen LogP contribution is -2.31. The molecular weight excluding hydrogens is 262 g/mol. The number of aryl methyl sites for hydroxylation is 1. The van der Waals surface area contributed by atoms with Crippen molar-refractivity contribution in [2.75, 3.05) is 0 Å². The van der Waals surface area contributed by atoms with Crippen LogP contribution in [0.3, 0.4) is 0 Å². The van der Waals surface area contributed by atoms with Gasteiger partial charge in [0.05, 0.1) is 6.54 Å². The molecule has 0 aliphatic carbocycles. The summed E-state index contributed by atoms with van der Waals surface area (Å²) in [5.74, 6) is 0.243. The maximum Gasteiger partial charge on any atom is 0.325 e. The highest BCUT2D eigenvalue weighted by atomic mass is 32.1. The second-order valence-electron chi connectivity index (χ2n) is 5.13. The van der Waals surface area contributed by atoms with E-state index < -0.39 is 0 Å². The van der Waals surface area contributed by atoms with E-state index in [0.29, 0.717) is 12.3 Å². The first-order chi connectivity index (χ1) is 9.01. The van der Waals surface area contributed by atoms with Crippen molar-refractivity contribution in [3.63, 3.8) is 0 Å². The molecule has 2 heterocycles. The van der Waals surface area contributed by atoms with Crippen LogP contribution in [0.4, 0.5) is 4.79 Å². The molecular formula is C13H19N3O2S. The topological polar surface area (TPSA) is 62.3 Å². The van der Waals surface area contributed by atoms with E-state index in [1.807, 2.05) is 20.0 Å². The zero-order valence-corrected chi connectivity index (χ0v) is 12.3. The third-order valence-electron chi connectivity index (χ3n) is 3.06. The van der Waals surface area contributed by atoms with Gasteiger partial charge in [0.15, 0.2) is 0 Å². The van der Waals surface area contributed by atoms with Gasteiger partial charge in [-0.15, -0.1) is 11.3 Å². The van der Waals surface area contributed by atoms with Gasteiger partial charge in [-0.3, -0.25) is 9.69 Å². The minimum absolute atomic E-state index is 0.132. The van der Waals surface area contributed by atoms with Crippen LogP contribution in [0.5, 0.6) is 0 Å². The molecule has 1 atom stereocenters. The van der Waals surface area contributed by atoms with Crippen molar-refractivity contribution < 1.29 is 9.59 Å². The summed E-state index contributed by atoms with van der Waals surface area (Å²) in [6.07, 6.45) is 3.41. The van der Waals surface area contributed by atoms with E-state index >= 15 is 0 Å². The van der Waals surface area contributed by atoms with Crippen molar-refractivity contribution in [2.45, 2.75) is 46.2 Å². The maximum absolute atomic E-state index is 12.2. The molecule has 104 valence electrons. The number of imide groups is 1. The van der Waals surface area contributed by atoms with Crippen LogP contribution in [0.15, 0.2) is 6.20 Å². The molecule has 1 aliphatic rings. The molecule has 0 radical (unpaired) electrons. The zero-order chi connectivity index (χ0) is 14.0. The van der Waals surface area contributed by atoms with Crippen LogP contribution in [0.1, 0.15) is 37.1 Å². The lowest BCUT2D eigenvalue weighted by atomic mass is 10.0. The lowest BCUT2D eigenvalue weighted by molar-refractivity contribution is -0.128. The van der Waals surface area contributed by atoms with Crippen molar-refractivity contribution in [1.29, 1.82) is 0 Å². The van der Waals surface area contributed by atoms with Gasteiger partial charge in [-0.25, -0.2) is 9.78 Å². The van der Waals surface area contributed by atoms with Crippen molar-refractivity contribution in [2.24, 2.45) is 5.92 Å². The number of nitrogens with one attached hydrogen (secondary N) is 1. The number of nitrogens with zero attached hydrogens (tertiary/aromatic N) is 2. The molecule has 1 aromatic heterocycles. The van der Waals surface area contributed by atoms with Gasteiger partial charge in [0.25, 0.3) is 5.91 Å². The van der Waals surface area contributed by atoms with Gasteiger partial charge in [0.2, 0.25) is 0 Å². The van der Waals surface area contributed by atoms with Crippen LogP contribution in [-0.4, -0.2) is 27.9 Å². The molecule has 1 aromatic rings. The molecule has 6 heteroatoms. The number of carbonyl (C=O) groups is 2. The molecule has 3 amide bonds. The Kier molecular flexibility index (Phi) is 4.19. The summed E-state index contributed by atoms with van der Waals surface area (Å²) in [6, 6.07) is -0.679. The van der Waals surface area contributed by atoms with E-state index in [4.69, 9.17) is 0 Å². The number of carbonyl (C=O) groups excluding carboxylic acids is 2. The van der Waals surface area contributed by atoms with Crippen LogP contribution >= 0.6 is 11.3 Å². The molecule has 19 heavy (non-hydrogen) atoms. The molecule has 2 rings (SSSR count). The number of urea groups is 1. The standard InChI is InChI=1S/C13H19N3O2S/c1-4-9-6-14-11(19-9)7-16-12(17)10(5-8(2)3)15-13(16)18/h6,8,10H,4-5,7H2,1-3H3,(H,15,18)/t10-/m0/s1. The van der Waals surface area contributed by atoms with Crippen molar-refractivity contribution >= 4 is 23.3 Å². The molecule has 0 bridgehead atoms. The highest BCUT2D eigenvalue weighted by Crippen LogP contribution is 2.20. The maximum atomic E-state index is 12.2. The fraction of sp³-hybridized carbons (Fsp3) is 0.615. The third-order valence-corrected chi connectivity index (χ3v) is 4.18. The van der Waals surface area contributed by atoms with Crippen molar-refractivity contribution in [3.8, 4) is 0 Å². The molecule has 1 saturated heterocycles. The SMILES string of the molecule is CCc1cnc(CN2C(=O)N[C@@H](CC(C)C)C2=O)s1. The lowest BCUT2D eigenvalue weighted by Gasteiger charge is -2.12. The fourth-order valence-corrected chi connectivity index (χ4v) is 2.93. The fourth-order valence-electron chi connectivity index (χ4n) is 2.08. The number of amides is 3. The molecule has 0 saturated carbocycles. The number of thiazole rings is 1. The second-order valence-corrected chi connectivity index (χ2v) is 6.33. The molecule has 1 N–H and O–H groups in total. The minimum Gasteiger partial charge on any atom is -0.326 e. The van der Waals surface area contributed by atoms with E-state index in [1.165, 1.54) is 9.78 Å². The van der Waals surface area contributed by atoms with Crippen LogP contribution in [-0.2, 0) is 17.8 Å². The average molecular weight is 281 g/mol. The summed E-state index contributed by atoms with van der Waals surface area (Å²) < 4.78 is 0. The molecule has 5 nitrogen and oxygen atoms in total. The van der Waals surface area contributed by atoms with E-state index in [9.17, 15) is 9.59 Å². The van der Waals surface area contributed by atoms with Crippen molar-refractivity contribution in [1.82, 2.24) is 15.2 Å². The normalized spacial score (nSPS) is 19.4. The summed E-state index contributed by atoms with van der Waals surface area (Å²) in [5.41, 5.74) is 0. The molecule has 0 aromatic carbocycles. The first kappa shape index (κ1) is 14.0. The van der Waals surface area contributed by atoms with Gasteiger partial charge < -0.3 is 5.32 Å². The van der Waals surface area contributed by atoms with Crippen LogP contribution in [0, 0.1) is 5.92 Å². The van der Waals surface area contributed by atoms with Gasteiger partial charge in [0, 0.05) is 11.1 Å². The Labute approximate surface area is 117 Å².